The lowest BCUT2D eigenvalue weighted by molar-refractivity contribution is -0.122. The third kappa shape index (κ3) is 5.00. The fourth-order valence-corrected chi connectivity index (χ4v) is 0.881. The molecule has 0 heterocycles. The van der Waals surface area contributed by atoms with E-state index in [1.165, 1.54) is 6.42 Å². The van der Waals surface area contributed by atoms with Gasteiger partial charge in [0.05, 0.1) is 0 Å². The van der Waals surface area contributed by atoms with Crippen molar-refractivity contribution in [2.24, 2.45) is 11.8 Å². The van der Waals surface area contributed by atoms with Gasteiger partial charge in [0.25, 0.3) is 0 Å². The first-order chi connectivity index (χ1) is 5.07. The summed E-state index contributed by atoms with van der Waals surface area (Å²) < 4.78 is 0. The molecule has 0 bridgehead atoms. The second-order valence-electron chi connectivity index (χ2n) is 3.67. The fourth-order valence-electron chi connectivity index (χ4n) is 0.881. The van der Waals surface area contributed by atoms with Crippen LogP contribution in [-0.2, 0) is 4.79 Å². The van der Waals surface area contributed by atoms with E-state index >= 15 is 0 Å². The van der Waals surface area contributed by atoms with E-state index in [4.69, 9.17) is 0 Å². The van der Waals surface area contributed by atoms with E-state index in [1.807, 2.05) is 13.8 Å². The maximum Gasteiger partial charge on any atom is 0.135 e. The summed E-state index contributed by atoms with van der Waals surface area (Å²) in [5.41, 5.74) is 0. The van der Waals surface area contributed by atoms with Crippen LogP contribution in [0.1, 0.15) is 47.0 Å². The zero-order valence-electron chi connectivity index (χ0n) is 8.18. The first kappa shape index (κ1) is 10.7. The molecule has 0 spiro atoms. The van der Waals surface area contributed by atoms with Gasteiger partial charge in [-0.2, -0.15) is 0 Å². The zero-order chi connectivity index (χ0) is 8.85. The van der Waals surface area contributed by atoms with E-state index in [9.17, 15) is 4.79 Å². The molecule has 66 valence electrons. The molecule has 0 aliphatic rings. The summed E-state index contributed by atoms with van der Waals surface area (Å²) in [6, 6.07) is 0. The van der Waals surface area contributed by atoms with Gasteiger partial charge >= 0.3 is 0 Å². The molecule has 0 aliphatic carbocycles. The summed E-state index contributed by atoms with van der Waals surface area (Å²) in [5, 5.41) is 0. The van der Waals surface area contributed by atoms with Crippen molar-refractivity contribution in [3.05, 3.63) is 0 Å². The minimum absolute atomic E-state index is 0.221. The van der Waals surface area contributed by atoms with Crippen molar-refractivity contribution in [2.75, 3.05) is 0 Å². The van der Waals surface area contributed by atoms with Crippen LogP contribution in [-0.4, -0.2) is 5.78 Å². The lowest BCUT2D eigenvalue weighted by Gasteiger charge is -2.08. The van der Waals surface area contributed by atoms with Gasteiger partial charge in [-0.05, 0) is 12.3 Å². The molecule has 0 amide bonds. The van der Waals surface area contributed by atoms with Crippen molar-refractivity contribution in [1.29, 1.82) is 0 Å². The van der Waals surface area contributed by atoms with Gasteiger partial charge in [-0.3, -0.25) is 4.79 Å². The molecule has 0 fully saturated rings. The normalized spacial score (nSPS) is 13.5. The molecule has 11 heavy (non-hydrogen) atoms. The SMILES string of the molecule is CC[C@@H](C)CCC(=O)C(C)C. The zero-order valence-corrected chi connectivity index (χ0v) is 8.18. The van der Waals surface area contributed by atoms with Crippen molar-refractivity contribution in [3.63, 3.8) is 0 Å². The van der Waals surface area contributed by atoms with Crippen LogP contribution in [0.3, 0.4) is 0 Å². The van der Waals surface area contributed by atoms with Gasteiger partial charge in [0.1, 0.15) is 5.78 Å². The lowest BCUT2D eigenvalue weighted by Crippen LogP contribution is -2.08. The highest BCUT2D eigenvalue weighted by atomic mass is 16.1. The average molecular weight is 156 g/mol. The monoisotopic (exact) mass is 156 g/mol. The molecule has 0 aromatic rings. The number of Topliss-reactive ketones (excluding diaryl/α,β-unsaturated/α-hetero) is 1. The Hall–Kier alpha value is -0.330. The second-order valence-corrected chi connectivity index (χ2v) is 3.67. The second kappa shape index (κ2) is 5.34. The third-order valence-electron chi connectivity index (χ3n) is 2.22. The molecule has 1 atom stereocenters. The van der Waals surface area contributed by atoms with E-state index in [1.54, 1.807) is 0 Å². The van der Waals surface area contributed by atoms with Gasteiger partial charge in [0.2, 0.25) is 0 Å². The summed E-state index contributed by atoms with van der Waals surface area (Å²) in [4.78, 5) is 11.2. The summed E-state index contributed by atoms with van der Waals surface area (Å²) >= 11 is 0. The minimum atomic E-state index is 0.221. The molecule has 0 unspecified atom stereocenters. The maximum absolute atomic E-state index is 11.2. The Morgan fingerprint density at radius 2 is 1.82 bits per heavy atom. The van der Waals surface area contributed by atoms with E-state index in [-0.39, 0.29) is 5.92 Å². The quantitative estimate of drug-likeness (QED) is 0.598. The summed E-state index contributed by atoms with van der Waals surface area (Å²) in [7, 11) is 0. The Bertz CT molecular complexity index is 116. The van der Waals surface area contributed by atoms with Gasteiger partial charge in [-0.1, -0.05) is 34.1 Å². The number of carbonyl (C=O) groups excluding carboxylic acids is 1. The smallest absolute Gasteiger partial charge is 0.135 e. The predicted octanol–water partition coefficient (Wildman–Crippen LogP) is 3.04. The highest BCUT2D eigenvalue weighted by molar-refractivity contribution is 5.80. The Kier molecular flexibility index (Phi) is 5.18. The van der Waals surface area contributed by atoms with Crippen LogP contribution >= 0.6 is 0 Å². The van der Waals surface area contributed by atoms with E-state index < -0.39 is 0 Å². The van der Waals surface area contributed by atoms with Gasteiger partial charge in [-0.25, -0.2) is 0 Å². The molecule has 0 saturated carbocycles. The van der Waals surface area contributed by atoms with Crippen LogP contribution in [0.15, 0.2) is 0 Å². The Morgan fingerprint density at radius 1 is 1.27 bits per heavy atom. The highest BCUT2D eigenvalue weighted by Crippen LogP contribution is 2.11. The van der Waals surface area contributed by atoms with Crippen LogP contribution in [0.2, 0.25) is 0 Å². The highest BCUT2D eigenvalue weighted by Gasteiger charge is 2.08. The largest absolute Gasteiger partial charge is 0.299 e. The maximum atomic E-state index is 11.2. The molecular weight excluding hydrogens is 136 g/mol. The molecule has 1 nitrogen and oxygen atoms in total. The topological polar surface area (TPSA) is 17.1 Å². The summed E-state index contributed by atoms with van der Waals surface area (Å²) in [6.45, 7) is 8.32. The minimum Gasteiger partial charge on any atom is -0.299 e. The van der Waals surface area contributed by atoms with Crippen LogP contribution in [0, 0.1) is 11.8 Å². The molecule has 0 aromatic heterocycles. The van der Waals surface area contributed by atoms with E-state index in [2.05, 4.69) is 13.8 Å². The molecule has 1 heteroatoms. The van der Waals surface area contributed by atoms with Gasteiger partial charge in [-0.15, -0.1) is 0 Å². The molecule has 0 N–H and O–H groups in total. The number of rotatable bonds is 5. The fraction of sp³-hybridized carbons (Fsp3) is 0.900. The molecule has 0 radical (unpaired) electrons. The number of carbonyl (C=O) groups is 1. The summed E-state index contributed by atoms with van der Waals surface area (Å²) in [6.07, 6.45) is 3.02. The lowest BCUT2D eigenvalue weighted by atomic mass is 9.97. The third-order valence-corrected chi connectivity index (χ3v) is 2.22. The average Bonchev–Trinajstić information content (AvgIpc) is 1.99. The number of hydrogen-bond donors (Lipinski definition) is 0. The molecule has 0 aromatic carbocycles. The first-order valence-corrected chi connectivity index (χ1v) is 4.60. The first-order valence-electron chi connectivity index (χ1n) is 4.60. The van der Waals surface area contributed by atoms with E-state index in [0.717, 1.165) is 12.8 Å². The van der Waals surface area contributed by atoms with Gasteiger partial charge in [0.15, 0.2) is 0 Å². The van der Waals surface area contributed by atoms with E-state index in [0.29, 0.717) is 11.7 Å². The Labute approximate surface area is 70.2 Å². The molecule has 0 rings (SSSR count). The Morgan fingerprint density at radius 3 is 2.18 bits per heavy atom. The standard InChI is InChI=1S/C10H20O/c1-5-9(4)6-7-10(11)8(2)3/h8-9H,5-7H2,1-4H3/t9-/m1/s1. The number of hydrogen-bond acceptors (Lipinski definition) is 1. The van der Waals surface area contributed by atoms with Crippen LogP contribution in [0.4, 0.5) is 0 Å². The molecule has 0 aliphatic heterocycles. The number of ketones is 1. The van der Waals surface area contributed by atoms with Crippen molar-refractivity contribution in [3.8, 4) is 0 Å². The summed E-state index contributed by atoms with van der Waals surface area (Å²) in [5.74, 6) is 1.34. The van der Waals surface area contributed by atoms with Crippen LogP contribution < -0.4 is 0 Å². The molecule has 0 saturated heterocycles. The van der Waals surface area contributed by atoms with Crippen molar-refractivity contribution < 1.29 is 4.79 Å². The van der Waals surface area contributed by atoms with Crippen LogP contribution in [0.25, 0.3) is 0 Å². The van der Waals surface area contributed by atoms with Gasteiger partial charge < -0.3 is 0 Å². The van der Waals surface area contributed by atoms with Crippen LogP contribution in [0.5, 0.6) is 0 Å². The predicted molar refractivity (Wildman–Crippen MR) is 48.5 cm³/mol. The van der Waals surface area contributed by atoms with Crippen molar-refractivity contribution >= 4 is 5.78 Å². The molecular formula is C10H20O. The van der Waals surface area contributed by atoms with Gasteiger partial charge in [0, 0.05) is 12.3 Å². The van der Waals surface area contributed by atoms with Crippen molar-refractivity contribution in [2.45, 2.75) is 47.0 Å². The van der Waals surface area contributed by atoms with Crippen molar-refractivity contribution in [1.82, 2.24) is 0 Å². The Balaban J connectivity index is 3.46.